The fraction of sp³-hybridized carbons (Fsp3) is 0.333. The van der Waals surface area contributed by atoms with Crippen molar-refractivity contribution in [3.05, 3.63) is 29.8 Å². The lowest BCUT2D eigenvalue weighted by molar-refractivity contribution is -0.407. The van der Waals surface area contributed by atoms with Crippen molar-refractivity contribution < 1.29 is 19.0 Å². The molecule has 9 heteroatoms. The number of hydrogen-bond donors (Lipinski definition) is 1. The van der Waals surface area contributed by atoms with E-state index in [1.54, 1.807) is 14.0 Å². The van der Waals surface area contributed by atoms with Crippen LogP contribution in [0.4, 0.5) is 10.5 Å². The second kappa shape index (κ2) is 7.43. The average Bonchev–Trinajstić information content (AvgIpc) is 2.64. The van der Waals surface area contributed by atoms with Gasteiger partial charge in [-0.25, -0.2) is 9.79 Å². The maximum Gasteiger partial charge on any atom is 0.445 e. The summed E-state index contributed by atoms with van der Waals surface area (Å²) in [4.78, 5) is 46.6. The van der Waals surface area contributed by atoms with Crippen LogP contribution in [-0.4, -0.2) is 63.9 Å². The van der Waals surface area contributed by atoms with Gasteiger partial charge in [-0.2, -0.15) is 9.48 Å². The molecule has 140 valence electrons. The lowest BCUT2D eigenvalue weighted by atomic mass is 10.1. The number of amidine groups is 2. The first-order valence-electron chi connectivity index (χ1n) is 8.33. The van der Waals surface area contributed by atoms with Gasteiger partial charge in [-0.05, 0) is 19.1 Å². The summed E-state index contributed by atoms with van der Waals surface area (Å²) in [6.45, 7) is 3.66. The monoisotopic (exact) mass is 386 g/mol. The molecule has 0 saturated heterocycles. The highest BCUT2D eigenvalue weighted by Gasteiger charge is 2.48. The van der Waals surface area contributed by atoms with E-state index in [9.17, 15) is 14.4 Å². The number of carbonyl (C=O) groups is 3. The third-order valence-corrected chi connectivity index (χ3v) is 5.26. The summed E-state index contributed by atoms with van der Waals surface area (Å²) >= 11 is 1.18. The van der Waals surface area contributed by atoms with Gasteiger partial charge in [-0.3, -0.25) is 9.59 Å². The molecule has 0 spiro atoms. The van der Waals surface area contributed by atoms with Gasteiger partial charge < -0.3 is 5.32 Å². The highest BCUT2D eigenvalue weighted by Crippen LogP contribution is 2.25. The topological polar surface area (TPSA) is 94.2 Å². The van der Waals surface area contributed by atoms with E-state index in [1.807, 2.05) is 31.2 Å². The summed E-state index contributed by atoms with van der Waals surface area (Å²) in [5, 5.41) is 3.28. The van der Waals surface area contributed by atoms with Crippen molar-refractivity contribution in [1.82, 2.24) is 4.90 Å². The number of imide groups is 1. The molecule has 27 heavy (non-hydrogen) atoms. The molecule has 4 amide bonds. The van der Waals surface area contributed by atoms with Crippen molar-refractivity contribution >= 4 is 52.0 Å². The Bertz CT molecular complexity index is 917. The summed E-state index contributed by atoms with van der Waals surface area (Å²) in [5.74, 6) is -0.475. The number of hydrogen-bond acceptors (Lipinski definition) is 6. The van der Waals surface area contributed by atoms with E-state index in [4.69, 9.17) is 0 Å². The lowest BCUT2D eigenvalue weighted by Crippen LogP contribution is -2.54. The Morgan fingerprint density at radius 1 is 1.22 bits per heavy atom. The van der Waals surface area contributed by atoms with Crippen LogP contribution in [0.25, 0.3) is 0 Å². The zero-order valence-corrected chi connectivity index (χ0v) is 16.3. The zero-order chi connectivity index (χ0) is 19.7. The number of thioether (sulfide) groups is 1. The van der Waals surface area contributed by atoms with Crippen molar-refractivity contribution in [1.29, 1.82) is 0 Å². The zero-order valence-electron chi connectivity index (χ0n) is 15.5. The Balaban J connectivity index is 1.75. The molecule has 1 aromatic carbocycles. The van der Waals surface area contributed by atoms with Gasteiger partial charge >= 0.3 is 11.9 Å². The van der Waals surface area contributed by atoms with Crippen molar-refractivity contribution in [3.8, 4) is 0 Å². The highest BCUT2D eigenvalue weighted by atomic mass is 32.2. The first-order valence-corrected chi connectivity index (χ1v) is 9.31. The third-order valence-electron chi connectivity index (χ3n) is 4.24. The van der Waals surface area contributed by atoms with Gasteiger partial charge in [0.1, 0.15) is 5.04 Å². The van der Waals surface area contributed by atoms with Crippen LogP contribution in [0.1, 0.15) is 12.5 Å². The van der Waals surface area contributed by atoms with Crippen LogP contribution < -0.4 is 5.32 Å². The largest absolute Gasteiger partial charge is 0.445 e. The number of nitrogens with zero attached hydrogens (tertiary/aromatic N) is 4. The number of nitrogens with one attached hydrogen (secondary N) is 1. The van der Waals surface area contributed by atoms with Crippen LogP contribution in [0.15, 0.2) is 34.3 Å². The number of amides is 4. The van der Waals surface area contributed by atoms with E-state index < -0.39 is 17.9 Å². The minimum absolute atomic E-state index is 0.0957. The molecule has 0 aliphatic carbocycles. The number of aryl methyl sites for hydroxylation is 1. The standard InChI is InChI=1S/C18H19N5O3S/c1-10-5-7-12(8-6-10)21-13(24)9-27-16-14-15(19-11(2)20-16)22(3)18(26)23(4)17(14)25/h5-8,14H,9H2,1-4H3/p+1. The van der Waals surface area contributed by atoms with Gasteiger partial charge in [-0.15, -0.1) is 0 Å². The normalized spacial score (nSPS) is 19.6. The molecule has 0 saturated carbocycles. The Kier molecular flexibility index (Phi) is 5.22. The minimum atomic E-state index is -0.765. The molecule has 2 aliphatic heterocycles. The quantitative estimate of drug-likeness (QED) is 0.801. The molecule has 8 nitrogen and oxygen atoms in total. The van der Waals surface area contributed by atoms with Gasteiger partial charge in [0, 0.05) is 12.6 Å². The molecule has 0 fully saturated rings. The molecule has 0 aromatic heterocycles. The van der Waals surface area contributed by atoms with Gasteiger partial charge in [0.25, 0.3) is 5.84 Å². The van der Waals surface area contributed by atoms with E-state index in [0.29, 0.717) is 22.4 Å². The number of carbonyl (C=O) groups excluding carboxylic acids is 3. The van der Waals surface area contributed by atoms with Crippen LogP contribution in [0, 0.1) is 12.8 Å². The molecule has 1 unspecified atom stereocenters. The highest BCUT2D eigenvalue weighted by molar-refractivity contribution is 8.14. The summed E-state index contributed by atoms with van der Waals surface area (Å²) in [7, 11) is 3.00. The fourth-order valence-electron chi connectivity index (χ4n) is 2.77. The van der Waals surface area contributed by atoms with Crippen molar-refractivity contribution in [2.24, 2.45) is 15.9 Å². The number of fused-ring (bicyclic) bond motifs is 1. The van der Waals surface area contributed by atoms with Gasteiger partial charge in [0.15, 0.2) is 5.92 Å². The molecule has 3 rings (SSSR count). The molecular weight excluding hydrogens is 366 g/mol. The first-order chi connectivity index (χ1) is 12.8. The number of aliphatic imine (C=N–C) groups is 2. The summed E-state index contributed by atoms with van der Waals surface area (Å²) in [6.07, 6.45) is 0. The molecule has 1 aromatic rings. The molecule has 0 radical (unpaired) electrons. The summed E-state index contributed by atoms with van der Waals surface area (Å²) in [6, 6.07) is 7.06. The van der Waals surface area contributed by atoms with Crippen LogP contribution in [-0.2, 0) is 9.59 Å². The van der Waals surface area contributed by atoms with E-state index in [-0.39, 0.29) is 11.7 Å². The van der Waals surface area contributed by atoms with Crippen molar-refractivity contribution in [2.75, 3.05) is 25.2 Å². The molecule has 2 heterocycles. The number of urea groups is 1. The van der Waals surface area contributed by atoms with E-state index >= 15 is 0 Å². The number of benzene rings is 1. The smallest absolute Gasteiger partial charge is 0.325 e. The van der Waals surface area contributed by atoms with E-state index in [0.717, 1.165) is 10.5 Å². The third kappa shape index (κ3) is 3.82. The first kappa shape index (κ1) is 19.0. The van der Waals surface area contributed by atoms with Gasteiger partial charge in [-0.1, -0.05) is 34.5 Å². The van der Waals surface area contributed by atoms with Gasteiger partial charge in [0.2, 0.25) is 11.7 Å². The van der Waals surface area contributed by atoms with Crippen molar-refractivity contribution in [2.45, 2.75) is 13.8 Å². The molecule has 1 atom stereocenters. The van der Waals surface area contributed by atoms with E-state index in [2.05, 4.69) is 15.3 Å². The fourth-order valence-corrected chi connectivity index (χ4v) is 3.70. The Labute approximate surface area is 161 Å². The maximum atomic E-state index is 12.6. The molecule has 1 N–H and O–H groups in total. The van der Waals surface area contributed by atoms with Crippen molar-refractivity contribution in [3.63, 3.8) is 0 Å². The second-order valence-corrected chi connectivity index (χ2v) is 7.34. The predicted octanol–water partition coefficient (Wildman–Crippen LogP) is 1.75. The number of rotatable bonds is 3. The molecule has 0 bridgehead atoms. The van der Waals surface area contributed by atoms with Crippen LogP contribution >= 0.6 is 11.8 Å². The predicted molar refractivity (Wildman–Crippen MR) is 106 cm³/mol. The van der Waals surface area contributed by atoms with Gasteiger partial charge in [0.05, 0.1) is 19.8 Å². The molecule has 2 aliphatic rings. The Morgan fingerprint density at radius 2 is 1.89 bits per heavy atom. The summed E-state index contributed by atoms with van der Waals surface area (Å²) in [5.41, 5.74) is 1.82. The van der Waals surface area contributed by atoms with E-state index in [1.165, 1.54) is 23.4 Å². The Morgan fingerprint density at radius 3 is 2.56 bits per heavy atom. The van der Waals surface area contributed by atoms with Crippen LogP contribution in [0.2, 0.25) is 0 Å². The maximum absolute atomic E-state index is 12.6. The lowest BCUT2D eigenvalue weighted by Gasteiger charge is -2.26. The average molecular weight is 386 g/mol. The Hall–Kier alpha value is -2.81. The van der Waals surface area contributed by atoms with Crippen LogP contribution in [0.5, 0.6) is 0 Å². The second-order valence-electron chi connectivity index (χ2n) is 6.34. The molecular formula is C18H20N5O3S+. The number of anilines is 1. The van der Waals surface area contributed by atoms with Crippen LogP contribution in [0.3, 0.4) is 0 Å². The SMILES string of the molecule is CC1=NC2=[N+](C)C(=O)N(C)C(=O)C2C(SCC(=O)Nc2ccc(C)cc2)=N1. The minimum Gasteiger partial charge on any atom is -0.325 e. The summed E-state index contributed by atoms with van der Waals surface area (Å²) < 4.78 is 1.34.